The van der Waals surface area contributed by atoms with Crippen molar-refractivity contribution in [3.63, 3.8) is 0 Å². The number of benzene rings is 2. The van der Waals surface area contributed by atoms with Gasteiger partial charge in [-0.05, 0) is 49.6 Å². The number of aryl methyl sites for hydroxylation is 2. The second-order valence-electron chi connectivity index (χ2n) is 6.33. The monoisotopic (exact) mass is 386 g/mol. The third-order valence-electron chi connectivity index (χ3n) is 3.92. The van der Waals surface area contributed by atoms with Gasteiger partial charge < -0.3 is 15.4 Å². The molecule has 2 aromatic rings. The predicted octanol–water partition coefficient (Wildman–Crippen LogP) is 3.34. The molecule has 0 aliphatic rings. The molecule has 0 heterocycles. The summed E-state index contributed by atoms with van der Waals surface area (Å²) in [5.41, 5.74) is 4.09. The van der Waals surface area contributed by atoms with E-state index in [2.05, 4.69) is 16.7 Å². The Balaban J connectivity index is 1.66. The Labute approximate surface area is 164 Å². The molecule has 0 radical (unpaired) electrons. The van der Waals surface area contributed by atoms with E-state index in [1.807, 2.05) is 50.2 Å². The number of amides is 2. The van der Waals surface area contributed by atoms with Crippen LogP contribution < -0.4 is 15.4 Å². The van der Waals surface area contributed by atoms with Gasteiger partial charge in [0.25, 0.3) is 0 Å². The molecule has 0 aromatic heterocycles. The van der Waals surface area contributed by atoms with E-state index < -0.39 is 0 Å². The highest BCUT2D eigenvalue weighted by Crippen LogP contribution is 2.19. The first kappa shape index (κ1) is 20.8. The normalized spacial score (nSPS) is 10.3. The van der Waals surface area contributed by atoms with Gasteiger partial charge in [-0.25, -0.2) is 0 Å². The Morgan fingerprint density at radius 3 is 2.48 bits per heavy atom. The average molecular weight is 387 g/mol. The van der Waals surface area contributed by atoms with Gasteiger partial charge in [0, 0.05) is 12.2 Å². The maximum Gasteiger partial charge on any atom is 0.234 e. The van der Waals surface area contributed by atoms with Gasteiger partial charge in [0.05, 0.1) is 18.6 Å². The summed E-state index contributed by atoms with van der Waals surface area (Å²) in [4.78, 5) is 23.9. The van der Waals surface area contributed by atoms with Gasteiger partial charge in [-0.15, -0.1) is 11.8 Å². The number of carbonyl (C=O) groups excluding carboxylic acids is 2. The van der Waals surface area contributed by atoms with Gasteiger partial charge in [-0.3, -0.25) is 9.59 Å². The summed E-state index contributed by atoms with van der Waals surface area (Å²) in [6.45, 7) is 4.54. The first-order valence-corrected chi connectivity index (χ1v) is 9.98. The first-order valence-electron chi connectivity index (χ1n) is 8.82. The third-order valence-corrected chi connectivity index (χ3v) is 4.85. The van der Waals surface area contributed by atoms with Gasteiger partial charge in [-0.1, -0.05) is 29.8 Å². The molecule has 0 fully saturated rings. The number of nitrogens with one attached hydrogen (secondary N) is 2. The van der Waals surface area contributed by atoms with Gasteiger partial charge in [0.15, 0.2) is 0 Å². The molecule has 0 aliphatic carbocycles. The lowest BCUT2D eigenvalue weighted by molar-refractivity contribution is -0.118. The summed E-state index contributed by atoms with van der Waals surface area (Å²) in [7, 11) is 1.64. The molecule has 0 atom stereocenters. The fourth-order valence-corrected chi connectivity index (χ4v) is 3.29. The average Bonchev–Trinajstić information content (AvgIpc) is 2.62. The molecule has 2 N–H and O–H groups in total. The van der Waals surface area contributed by atoms with Gasteiger partial charge in [0.2, 0.25) is 11.8 Å². The number of rotatable bonds is 9. The van der Waals surface area contributed by atoms with Crippen molar-refractivity contribution >= 4 is 29.3 Å². The molecule has 0 unspecified atom stereocenters. The highest BCUT2D eigenvalue weighted by molar-refractivity contribution is 8.00. The zero-order valence-electron chi connectivity index (χ0n) is 16.0. The fraction of sp³-hybridized carbons (Fsp3) is 0.333. The summed E-state index contributed by atoms with van der Waals surface area (Å²) in [6, 6.07) is 13.6. The molecule has 5 nitrogen and oxygen atoms in total. The van der Waals surface area contributed by atoms with Crippen LogP contribution in [0.3, 0.4) is 0 Å². The van der Waals surface area contributed by atoms with Crippen LogP contribution in [0.4, 0.5) is 5.69 Å². The molecule has 0 saturated carbocycles. The maximum absolute atomic E-state index is 11.9. The van der Waals surface area contributed by atoms with E-state index in [0.29, 0.717) is 13.0 Å². The van der Waals surface area contributed by atoms with Gasteiger partial charge in [-0.2, -0.15) is 0 Å². The van der Waals surface area contributed by atoms with Crippen LogP contribution >= 0.6 is 11.8 Å². The quantitative estimate of drug-likeness (QED) is 0.694. The van der Waals surface area contributed by atoms with Crippen molar-refractivity contribution in [3.05, 3.63) is 59.2 Å². The smallest absolute Gasteiger partial charge is 0.234 e. The van der Waals surface area contributed by atoms with Crippen molar-refractivity contribution in [1.82, 2.24) is 5.32 Å². The molecular weight excluding hydrogens is 360 g/mol. The zero-order valence-corrected chi connectivity index (χ0v) is 16.8. The van der Waals surface area contributed by atoms with Crippen LogP contribution in [0.5, 0.6) is 5.75 Å². The van der Waals surface area contributed by atoms with Crippen LogP contribution in [-0.2, 0) is 16.0 Å². The van der Waals surface area contributed by atoms with E-state index >= 15 is 0 Å². The fourth-order valence-electron chi connectivity index (χ4n) is 2.65. The van der Waals surface area contributed by atoms with Crippen LogP contribution in [0.15, 0.2) is 42.5 Å². The van der Waals surface area contributed by atoms with Crippen molar-refractivity contribution in [2.75, 3.05) is 30.5 Å². The van der Waals surface area contributed by atoms with E-state index in [4.69, 9.17) is 4.74 Å². The second kappa shape index (κ2) is 10.6. The van der Waals surface area contributed by atoms with Crippen LogP contribution in [-0.4, -0.2) is 37.0 Å². The van der Waals surface area contributed by atoms with Crippen molar-refractivity contribution in [2.24, 2.45) is 0 Å². The van der Waals surface area contributed by atoms with Crippen LogP contribution in [0, 0.1) is 13.8 Å². The largest absolute Gasteiger partial charge is 0.496 e. The third kappa shape index (κ3) is 7.35. The lowest BCUT2D eigenvalue weighted by Crippen LogP contribution is -2.28. The van der Waals surface area contributed by atoms with Crippen molar-refractivity contribution in [2.45, 2.75) is 20.3 Å². The van der Waals surface area contributed by atoms with Crippen molar-refractivity contribution in [1.29, 1.82) is 0 Å². The Morgan fingerprint density at radius 2 is 1.74 bits per heavy atom. The number of thioether (sulfide) groups is 1. The van der Waals surface area contributed by atoms with Gasteiger partial charge in [0.1, 0.15) is 5.75 Å². The highest BCUT2D eigenvalue weighted by atomic mass is 32.2. The Hall–Kier alpha value is -2.47. The number of anilines is 1. The molecule has 2 amide bonds. The molecule has 0 saturated heterocycles. The predicted molar refractivity (Wildman–Crippen MR) is 112 cm³/mol. The Bertz CT molecular complexity index is 793. The molecule has 27 heavy (non-hydrogen) atoms. The number of hydrogen-bond acceptors (Lipinski definition) is 4. The zero-order chi connectivity index (χ0) is 19.6. The lowest BCUT2D eigenvalue weighted by atomic mass is 10.1. The molecule has 2 aromatic carbocycles. The summed E-state index contributed by atoms with van der Waals surface area (Å²) in [5, 5.41) is 5.72. The van der Waals surface area contributed by atoms with Crippen LogP contribution in [0.2, 0.25) is 0 Å². The topological polar surface area (TPSA) is 67.4 Å². The van der Waals surface area contributed by atoms with Crippen LogP contribution in [0.1, 0.15) is 16.7 Å². The van der Waals surface area contributed by atoms with Crippen LogP contribution in [0.25, 0.3) is 0 Å². The molecule has 6 heteroatoms. The molecule has 0 aliphatic heterocycles. The maximum atomic E-state index is 11.9. The number of hydrogen-bond donors (Lipinski definition) is 2. The van der Waals surface area contributed by atoms with E-state index in [0.717, 1.165) is 28.1 Å². The SMILES string of the molecule is COc1ccc(C)cc1CCNC(=O)CSCC(=O)Nc1cccc(C)c1. The number of ether oxygens (including phenoxy) is 1. The minimum absolute atomic E-state index is 0.0741. The summed E-state index contributed by atoms with van der Waals surface area (Å²) >= 11 is 1.30. The lowest BCUT2D eigenvalue weighted by Gasteiger charge is -2.10. The number of carbonyl (C=O) groups is 2. The summed E-state index contributed by atoms with van der Waals surface area (Å²) in [5.74, 6) is 1.15. The molecule has 0 spiro atoms. The minimum Gasteiger partial charge on any atom is -0.496 e. The second-order valence-corrected chi connectivity index (χ2v) is 7.31. The molecule has 144 valence electrons. The summed E-state index contributed by atoms with van der Waals surface area (Å²) in [6.07, 6.45) is 0.703. The summed E-state index contributed by atoms with van der Waals surface area (Å²) < 4.78 is 5.34. The molecular formula is C21H26N2O3S. The molecule has 0 bridgehead atoms. The Kier molecular flexibility index (Phi) is 8.20. The van der Waals surface area contributed by atoms with E-state index in [-0.39, 0.29) is 23.3 Å². The van der Waals surface area contributed by atoms with E-state index in [1.165, 1.54) is 11.8 Å². The Morgan fingerprint density at radius 1 is 1.00 bits per heavy atom. The minimum atomic E-state index is -0.108. The standard InChI is InChI=1S/C21H26N2O3S/c1-15-5-4-6-18(12-15)23-21(25)14-27-13-20(24)22-10-9-17-11-16(2)7-8-19(17)26-3/h4-8,11-12H,9-10,13-14H2,1-3H3,(H,22,24)(H,23,25). The van der Waals surface area contributed by atoms with Gasteiger partial charge >= 0.3 is 0 Å². The van der Waals surface area contributed by atoms with Crippen molar-refractivity contribution in [3.8, 4) is 5.75 Å². The molecule has 2 rings (SSSR count). The highest BCUT2D eigenvalue weighted by Gasteiger charge is 2.07. The number of methoxy groups -OCH3 is 1. The first-order chi connectivity index (χ1) is 13.0. The van der Waals surface area contributed by atoms with Crippen molar-refractivity contribution < 1.29 is 14.3 Å². The van der Waals surface area contributed by atoms with E-state index in [9.17, 15) is 9.59 Å². The van der Waals surface area contributed by atoms with E-state index in [1.54, 1.807) is 7.11 Å².